The van der Waals surface area contributed by atoms with Gasteiger partial charge in [-0.15, -0.1) is 0 Å². The van der Waals surface area contributed by atoms with Crippen molar-refractivity contribution >= 4 is 21.5 Å². The van der Waals surface area contributed by atoms with Gasteiger partial charge in [0.25, 0.3) is 6.43 Å². The number of piperidine rings is 1. The molecule has 4 rings (SSSR count). The highest BCUT2D eigenvalue weighted by atomic mass is 32.2. The largest absolute Gasteiger partial charge is 0.356 e. The number of nitrogens with one attached hydrogen (secondary N) is 1. The molecule has 8 nitrogen and oxygen atoms in total. The summed E-state index contributed by atoms with van der Waals surface area (Å²) < 4.78 is 52.9. The van der Waals surface area contributed by atoms with Crippen LogP contribution in [0.2, 0.25) is 0 Å². The molecular weight excluding hydrogens is 414 g/mol. The molecule has 0 saturated carbocycles. The van der Waals surface area contributed by atoms with Crippen LogP contribution in [0, 0.1) is 5.92 Å². The number of alkyl halides is 2. The molecule has 1 N–H and O–H groups in total. The zero-order chi connectivity index (χ0) is 21.3. The van der Waals surface area contributed by atoms with Crippen LogP contribution in [0.5, 0.6) is 0 Å². The van der Waals surface area contributed by atoms with Crippen molar-refractivity contribution in [2.24, 2.45) is 5.92 Å². The average Bonchev–Trinajstić information content (AvgIpc) is 3.15. The molecule has 11 heteroatoms. The Labute approximate surface area is 173 Å². The smallest absolute Gasteiger partial charge is 0.282 e. The van der Waals surface area contributed by atoms with Gasteiger partial charge in [0.05, 0.1) is 18.1 Å². The van der Waals surface area contributed by atoms with E-state index in [1.165, 1.54) is 16.6 Å². The summed E-state index contributed by atoms with van der Waals surface area (Å²) >= 11 is 0. The van der Waals surface area contributed by atoms with Crippen LogP contribution in [0.25, 0.3) is 16.9 Å². The van der Waals surface area contributed by atoms with Crippen molar-refractivity contribution in [1.82, 2.24) is 24.3 Å². The number of imidazole rings is 1. The van der Waals surface area contributed by atoms with Gasteiger partial charge in [-0.05, 0) is 43.0 Å². The van der Waals surface area contributed by atoms with Gasteiger partial charge in [-0.1, -0.05) is 0 Å². The van der Waals surface area contributed by atoms with Crippen molar-refractivity contribution in [2.45, 2.75) is 19.3 Å². The Morgan fingerprint density at radius 2 is 2.10 bits per heavy atom. The standard InChI is InChI=1S/C19H22F2N6O2S/c1-30(28,29)24-10-13-3-2-8-26(12-13)18-9-14(6-7-22-18)16-11-23-17-5-4-15(19(20)21)25-27(16)17/h4-7,9,11,13,19,24H,2-3,8,10,12H2,1H3/t13-/m0/s1. The molecule has 0 spiro atoms. The first-order valence-corrected chi connectivity index (χ1v) is 11.5. The summed E-state index contributed by atoms with van der Waals surface area (Å²) in [5, 5.41) is 4.02. The zero-order valence-electron chi connectivity index (χ0n) is 16.4. The van der Waals surface area contributed by atoms with Crippen molar-refractivity contribution in [2.75, 3.05) is 30.8 Å². The Balaban J connectivity index is 1.59. The first-order valence-electron chi connectivity index (χ1n) is 9.59. The molecule has 30 heavy (non-hydrogen) atoms. The van der Waals surface area contributed by atoms with Crippen LogP contribution in [-0.4, -0.2) is 53.9 Å². The van der Waals surface area contributed by atoms with Crippen molar-refractivity contribution in [1.29, 1.82) is 0 Å². The van der Waals surface area contributed by atoms with Crippen LogP contribution in [0.4, 0.5) is 14.6 Å². The Morgan fingerprint density at radius 1 is 1.27 bits per heavy atom. The third-order valence-corrected chi connectivity index (χ3v) is 5.82. The monoisotopic (exact) mass is 436 g/mol. The molecule has 0 unspecified atom stereocenters. The Bertz CT molecular complexity index is 1150. The van der Waals surface area contributed by atoms with Gasteiger partial charge in [-0.3, -0.25) is 0 Å². The summed E-state index contributed by atoms with van der Waals surface area (Å²) in [6, 6.07) is 6.46. The number of sulfonamides is 1. The highest BCUT2D eigenvalue weighted by Gasteiger charge is 2.22. The summed E-state index contributed by atoms with van der Waals surface area (Å²) in [5.74, 6) is 0.932. The minimum atomic E-state index is -3.23. The number of nitrogens with zero attached hydrogens (tertiary/aromatic N) is 5. The second kappa shape index (κ2) is 8.23. The maximum atomic E-state index is 13.1. The molecule has 1 aliphatic heterocycles. The van der Waals surface area contributed by atoms with Crippen molar-refractivity contribution in [3.63, 3.8) is 0 Å². The molecule has 0 radical (unpaired) electrons. The normalized spacial score (nSPS) is 17.7. The third kappa shape index (κ3) is 4.57. The van der Waals surface area contributed by atoms with E-state index in [9.17, 15) is 17.2 Å². The van der Waals surface area contributed by atoms with E-state index in [1.807, 2.05) is 6.07 Å². The van der Waals surface area contributed by atoms with Crippen LogP contribution in [0.3, 0.4) is 0 Å². The molecule has 0 aliphatic carbocycles. The average molecular weight is 436 g/mol. The van der Waals surface area contributed by atoms with E-state index < -0.39 is 16.4 Å². The number of anilines is 1. The summed E-state index contributed by atoms with van der Waals surface area (Å²) in [4.78, 5) is 10.8. The lowest BCUT2D eigenvalue weighted by molar-refractivity contribution is 0.144. The number of halogens is 2. The summed E-state index contributed by atoms with van der Waals surface area (Å²) in [6.45, 7) is 1.88. The van der Waals surface area contributed by atoms with Crippen LogP contribution in [-0.2, 0) is 10.0 Å². The Kier molecular flexibility index (Phi) is 5.65. The maximum Gasteiger partial charge on any atom is 0.282 e. The Hall–Kier alpha value is -2.66. The lowest BCUT2D eigenvalue weighted by Gasteiger charge is -2.33. The molecular formula is C19H22F2N6O2S. The van der Waals surface area contributed by atoms with Crippen LogP contribution >= 0.6 is 0 Å². The molecule has 1 fully saturated rings. The van der Waals surface area contributed by atoms with Gasteiger partial charge < -0.3 is 4.90 Å². The Morgan fingerprint density at radius 3 is 2.87 bits per heavy atom. The number of rotatable bonds is 6. The van der Waals surface area contributed by atoms with Gasteiger partial charge in [-0.2, -0.15) is 5.10 Å². The maximum absolute atomic E-state index is 13.1. The summed E-state index contributed by atoms with van der Waals surface area (Å²) in [6.07, 6.45) is 3.62. The molecule has 1 atom stereocenters. The van der Waals surface area contributed by atoms with Crippen LogP contribution < -0.4 is 9.62 Å². The zero-order valence-corrected chi connectivity index (χ0v) is 17.2. The molecule has 3 aromatic rings. The summed E-state index contributed by atoms with van der Waals surface area (Å²) in [5.41, 5.74) is 1.54. The van der Waals surface area contributed by atoms with Gasteiger partial charge in [-0.25, -0.2) is 36.4 Å². The molecule has 1 aliphatic rings. The molecule has 1 saturated heterocycles. The second-order valence-corrected chi connectivity index (χ2v) is 9.28. The van der Waals surface area contributed by atoms with E-state index in [0.717, 1.165) is 37.0 Å². The van der Waals surface area contributed by atoms with E-state index in [-0.39, 0.29) is 11.6 Å². The minimum Gasteiger partial charge on any atom is -0.356 e. The number of hydrogen-bond donors (Lipinski definition) is 1. The van der Waals surface area contributed by atoms with Gasteiger partial charge in [0, 0.05) is 31.4 Å². The van der Waals surface area contributed by atoms with Crippen LogP contribution in [0.15, 0.2) is 36.7 Å². The number of fused-ring (bicyclic) bond motifs is 1. The predicted molar refractivity (Wildman–Crippen MR) is 109 cm³/mol. The topological polar surface area (TPSA) is 92.5 Å². The SMILES string of the molecule is CS(=O)(=O)NC[C@@H]1CCCN(c2cc(-c3cnc4ccc(C(F)F)nn34)ccn2)C1. The molecule has 160 valence electrons. The lowest BCUT2D eigenvalue weighted by Crippen LogP contribution is -2.41. The van der Waals surface area contributed by atoms with E-state index in [4.69, 9.17) is 0 Å². The third-order valence-electron chi connectivity index (χ3n) is 5.12. The van der Waals surface area contributed by atoms with Crippen LogP contribution in [0.1, 0.15) is 25.0 Å². The van der Waals surface area contributed by atoms with E-state index in [0.29, 0.717) is 24.4 Å². The fourth-order valence-corrected chi connectivity index (χ4v) is 4.20. The summed E-state index contributed by atoms with van der Waals surface area (Å²) in [7, 11) is -3.23. The van der Waals surface area contributed by atoms with Crippen molar-refractivity contribution in [3.05, 3.63) is 42.4 Å². The highest BCUT2D eigenvalue weighted by Crippen LogP contribution is 2.27. The quantitative estimate of drug-likeness (QED) is 0.638. The number of hydrogen-bond acceptors (Lipinski definition) is 6. The van der Waals surface area contributed by atoms with Gasteiger partial charge in [0.1, 0.15) is 11.5 Å². The second-order valence-electron chi connectivity index (χ2n) is 7.45. The molecule has 0 aromatic carbocycles. The molecule has 3 aromatic heterocycles. The fraction of sp³-hybridized carbons (Fsp3) is 0.421. The first-order chi connectivity index (χ1) is 14.3. The molecule has 0 bridgehead atoms. The highest BCUT2D eigenvalue weighted by molar-refractivity contribution is 7.88. The van der Waals surface area contributed by atoms with E-state index in [2.05, 4.69) is 24.7 Å². The van der Waals surface area contributed by atoms with Crippen molar-refractivity contribution < 1.29 is 17.2 Å². The fourth-order valence-electron chi connectivity index (χ4n) is 3.66. The number of aromatic nitrogens is 4. The first kappa shape index (κ1) is 20.6. The van der Waals surface area contributed by atoms with Crippen molar-refractivity contribution in [3.8, 4) is 11.3 Å². The molecule has 0 amide bonds. The van der Waals surface area contributed by atoms with Gasteiger partial charge in [0.15, 0.2) is 5.65 Å². The number of pyridine rings is 1. The predicted octanol–water partition coefficient (Wildman–Crippen LogP) is 2.49. The van der Waals surface area contributed by atoms with E-state index in [1.54, 1.807) is 18.5 Å². The lowest BCUT2D eigenvalue weighted by atomic mass is 9.98. The van der Waals surface area contributed by atoms with Gasteiger partial charge in [0.2, 0.25) is 10.0 Å². The van der Waals surface area contributed by atoms with Gasteiger partial charge >= 0.3 is 0 Å². The molecule has 4 heterocycles. The minimum absolute atomic E-state index is 0.185. The van der Waals surface area contributed by atoms with E-state index >= 15 is 0 Å².